The minimum Gasteiger partial charge on any atom is -0.506 e. The van der Waals surface area contributed by atoms with E-state index in [0.717, 1.165) is 29.8 Å². The molecule has 0 aromatic heterocycles. The highest BCUT2D eigenvalue weighted by Crippen LogP contribution is 2.52. The number of carbonyl (C=O) groups is 2. The van der Waals surface area contributed by atoms with Crippen molar-refractivity contribution in [3.8, 4) is 5.75 Å². The largest absolute Gasteiger partial charge is 0.506 e. The van der Waals surface area contributed by atoms with Crippen molar-refractivity contribution in [1.29, 1.82) is 0 Å². The number of carbonyl (C=O) groups excluding carboxylic acids is 2. The number of aromatic hydroxyl groups is 1. The number of phenols is 1. The number of amides is 2. The van der Waals surface area contributed by atoms with Crippen LogP contribution in [0.25, 0.3) is 0 Å². The molecule has 2 aliphatic carbocycles. The molecule has 1 aromatic carbocycles. The number of rotatable bonds is 3. The third kappa shape index (κ3) is 2.30. The first kappa shape index (κ1) is 15.9. The van der Waals surface area contributed by atoms with Gasteiger partial charge in [0.2, 0.25) is 0 Å². The number of hydrogen-bond acceptors (Lipinski definition) is 6. The van der Waals surface area contributed by atoms with Crippen LogP contribution in [0.4, 0.5) is 5.69 Å². The average Bonchev–Trinajstić information content (AvgIpc) is 3.24. The minimum absolute atomic E-state index is 0.0415. The minimum atomic E-state index is -0.610. The smallest absolute Gasteiger partial charge is 0.271 e. The lowest BCUT2D eigenvalue weighted by molar-refractivity contribution is -0.385. The SMILES string of the molecule is O=C1[C@@H]2[C@@H](C(=O)N1/N=C\c1cc([N+](=O)[O-])cc(Br)c1O)[C@H]1C=C[C@H]2C1. The third-order valence-corrected chi connectivity index (χ3v) is 5.65. The van der Waals surface area contributed by atoms with E-state index in [9.17, 15) is 24.8 Å². The Hall–Kier alpha value is -2.55. The Bertz CT molecular complexity index is 851. The molecule has 3 aliphatic rings. The van der Waals surface area contributed by atoms with Crippen LogP contribution in [0.2, 0.25) is 0 Å². The Morgan fingerprint density at radius 3 is 2.40 bits per heavy atom. The molecule has 4 rings (SSSR count). The zero-order chi connectivity index (χ0) is 17.9. The van der Waals surface area contributed by atoms with Crippen molar-refractivity contribution in [3.63, 3.8) is 0 Å². The average molecular weight is 406 g/mol. The zero-order valence-electron chi connectivity index (χ0n) is 12.7. The number of halogens is 1. The summed E-state index contributed by atoms with van der Waals surface area (Å²) in [7, 11) is 0. The normalized spacial score (nSPS) is 29.9. The molecule has 25 heavy (non-hydrogen) atoms. The molecule has 1 saturated heterocycles. The van der Waals surface area contributed by atoms with Gasteiger partial charge in [-0.1, -0.05) is 12.2 Å². The standard InChI is InChI=1S/C16H12BrN3O5/c17-11-5-10(20(24)25)4-9(14(11)21)6-18-19-15(22)12-7-1-2-8(3-7)13(12)16(19)23/h1-2,4-8,12-13,21H,3H2/b18-6-/t7-,8-,12-,13-/m0/s1. The van der Waals surface area contributed by atoms with Gasteiger partial charge in [-0.25, -0.2) is 0 Å². The molecule has 1 aliphatic heterocycles. The molecule has 1 N–H and O–H groups in total. The topological polar surface area (TPSA) is 113 Å². The van der Waals surface area contributed by atoms with Crippen molar-refractivity contribution in [1.82, 2.24) is 5.01 Å². The molecular formula is C16H12BrN3O5. The second kappa shape index (κ2) is 5.48. The van der Waals surface area contributed by atoms with Crippen LogP contribution < -0.4 is 0 Å². The molecule has 0 radical (unpaired) electrons. The number of nitrogens with zero attached hydrogens (tertiary/aromatic N) is 3. The van der Waals surface area contributed by atoms with Crippen LogP contribution in [-0.2, 0) is 9.59 Å². The van der Waals surface area contributed by atoms with Crippen LogP contribution in [-0.4, -0.2) is 33.1 Å². The summed E-state index contributed by atoms with van der Waals surface area (Å²) in [6, 6.07) is 2.29. The molecule has 2 amide bonds. The van der Waals surface area contributed by atoms with E-state index in [-0.39, 0.29) is 57.0 Å². The molecule has 0 spiro atoms. The summed E-state index contributed by atoms with van der Waals surface area (Å²) in [6.07, 6.45) is 5.88. The van der Waals surface area contributed by atoms with Crippen LogP contribution in [0, 0.1) is 33.8 Å². The van der Waals surface area contributed by atoms with Gasteiger partial charge in [0, 0.05) is 17.7 Å². The quantitative estimate of drug-likeness (QED) is 0.272. The maximum Gasteiger partial charge on any atom is 0.271 e. The van der Waals surface area contributed by atoms with Gasteiger partial charge in [-0.2, -0.15) is 10.1 Å². The third-order valence-electron chi connectivity index (χ3n) is 5.05. The highest BCUT2D eigenvalue weighted by Gasteiger charge is 2.59. The first-order valence-electron chi connectivity index (χ1n) is 7.65. The van der Waals surface area contributed by atoms with Gasteiger partial charge in [-0.15, -0.1) is 0 Å². The lowest BCUT2D eigenvalue weighted by Crippen LogP contribution is -2.28. The molecule has 0 unspecified atom stereocenters. The fourth-order valence-corrected chi connectivity index (χ4v) is 4.39. The molecule has 2 fully saturated rings. The summed E-state index contributed by atoms with van der Waals surface area (Å²) in [6.45, 7) is 0. The van der Waals surface area contributed by atoms with Crippen molar-refractivity contribution in [2.75, 3.05) is 0 Å². The van der Waals surface area contributed by atoms with E-state index in [1.165, 1.54) is 0 Å². The number of hydrogen-bond donors (Lipinski definition) is 1. The Labute approximate surface area is 150 Å². The van der Waals surface area contributed by atoms with Gasteiger partial charge in [-0.3, -0.25) is 19.7 Å². The van der Waals surface area contributed by atoms with Crippen LogP contribution in [0.15, 0.2) is 33.9 Å². The number of nitro groups is 1. The van der Waals surface area contributed by atoms with Crippen LogP contribution >= 0.6 is 15.9 Å². The molecule has 1 heterocycles. The van der Waals surface area contributed by atoms with E-state index in [2.05, 4.69) is 21.0 Å². The zero-order valence-corrected chi connectivity index (χ0v) is 14.3. The summed E-state index contributed by atoms with van der Waals surface area (Å²) in [5.74, 6) is -1.55. The lowest BCUT2D eigenvalue weighted by Gasteiger charge is -2.13. The van der Waals surface area contributed by atoms with E-state index < -0.39 is 4.92 Å². The molecule has 1 saturated carbocycles. The predicted molar refractivity (Wildman–Crippen MR) is 89.6 cm³/mol. The second-order valence-corrected chi connectivity index (χ2v) is 7.21. The van der Waals surface area contributed by atoms with Crippen molar-refractivity contribution in [3.05, 3.63) is 44.4 Å². The molecule has 128 valence electrons. The Morgan fingerprint density at radius 1 is 1.24 bits per heavy atom. The summed E-state index contributed by atoms with van der Waals surface area (Å²) >= 11 is 3.03. The number of imide groups is 1. The molecule has 9 heteroatoms. The fraction of sp³-hybridized carbons (Fsp3) is 0.312. The number of non-ortho nitro benzene ring substituents is 1. The maximum absolute atomic E-state index is 12.5. The van der Waals surface area contributed by atoms with Gasteiger partial charge < -0.3 is 5.11 Å². The molecule has 2 bridgehead atoms. The van der Waals surface area contributed by atoms with Crippen molar-refractivity contribution >= 4 is 39.6 Å². The van der Waals surface area contributed by atoms with E-state index in [4.69, 9.17) is 0 Å². The fourth-order valence-electron chi connectivity index (χ4n) is 3.93. The van der Waals surface area contributed by atoms with Crippen molar-refractivity contribution in [2.24, 2.45) is 28.8 Å². The highest BCUT2D eigenvalue weighted by atomic mass is 79.9. The van der Waals surface area contributed by atoms with Gasteiger partial charge in [-0.05, 0) is 34.2 Å². The first-order chi connectivity index (χ1) is 11.9. The lowest BCUT2D eigenvalue weighted by atomic mass is 9.85. The first-order valence-corrected chi connectivity index (χ1v) is 8.45. The van der Waals surface area contributed by atoms with E-state index in [1.807, 2.05) is 12.2 Å². The Balaban J connectivity index is 1.64. The van der Waals surface area contributed by atoms with Gasteiger partial charge in [0.05, 0.1) is 27.4 Å². The summed E-state index contributed by atoms with van der Waals surface area (Å²) in [4.78, 5) is 35.3. The highest BCUT2D eigenvalue weighted by molar-refractivity contribution is 9.10. The van der Waals surface area contributed by atoms with Gasteiger partial charge in [0.25, 0.3) is 17.5 Å². The van der Waals surface area contributed by atoms with Crippen molar-refractivity contribution < 1.29 is 19.6 Å². The maximum atomic E-state index is 12.5. The summed E-state index contributed by atoms with van der Waals surface area (Å²) < 4.78 is 0.126. The van der Waals surface area contributed by atoms with E-state index in [0.29, 0.717) is 0 Å². The number of benzene rings is 1. The number of fused-ring (bicyclic) bond motifs is 5. The summed E-state index contributed by atoms with van der Waals surface area (Å²) in [5.41, 5.74) is -0.204. The van der Waals surface area contributed by atoms with Gasteiger partial charge in [0.15, 0.2) is 0 Å². The summed E-state index contributed by atoms with van der Waals surface area (Å²) in [5, 5.41) is 25.7. The number of phenolic OH excluding ortho intramolecular Hbond substituents is 1. The Kier molecular flexibility index (Phi) is 3.50. The van der Waals surface area contributed by atoms with E-state index >= 15 is 0 Å². The number of allylic oxidation sites excluding steroid dienone is 2. The second-order valence-electron chi connectivity index (χ2n) is 6.36. The van der Waals surface area contributed by atoms with E-state index in [1.54, 1.807) is 0 Å². The molecule has 1 aromatic rings. The Morgan fingerprint density at radius 2 is 1.84 bits per heavy atom. The van der Waals surface area contributed by atoms with Gasteiger partial charge in [0.1, 0.15) is 5.75 Å². The molecule has 8 nitrogen and oxygen atoms in total. The molecular weight excluding hydrogens is 394 g/mol. The van der Waals surface area contributed by atoms with Crippen LogP contribution in [0.3, 0.4) is 0 Å². The molecule has 4 atom stereocenters. The monoisotopic (exact) mass is 405 g/mol. The van der Waals surface area contributed by atoms with Gasteiger partial charge >= 0.3 is 0 Å². The number of hydrazone groups is 1. The van der Waals surface area contributed by atoms with Crippen molar-refractivity contribution in [2.45, 2.75) is 6.42 Å². The predicted octanol–water partition coefficient (Wildman–Crippen LogP) is 2.20. The number of nitro benzene ring substituents is 1. The van der Waals surface area contributed by atoms with Crippen LogP contribution in [0.1, 0.15) is 12.0 Å². The van der Waals surface area contributed by atoms with Crippen LogP contribution in [0.5, 0.6) is 5.75 Å².